The standard InChI is InChI=1S/C23H14BrCl2N3O3S2/c1-28-22(30)21(34-23(28)27-15-5-8-17(24)18(26)12-15)11-13-2-9-20(19(10-13)29(31)32)33-16-6-3-14(25)4-7-16/h2-12H,1H3/b21-11+,27-23?. The fourth-order valence-corrected chi connectivity index (χ4v) is 5.39. The number of carbonyl (C=O) groups excluding carboxylic acids is 1. The number of carbonyl (C=O) groups is 1. The number of hydrogen-bond acceptors (Lipinski definition) is 6. The van der Waals surface area contributed by atoms with E-state index >= 15 is 0 Å². The summed E-state index contributed by atoms with van der Waals surface area (Å²) in [6.07, 6.45) is 1.63. The molecule has 3 aromatic rings. The van der Waals surface area contributed by atoms with Gasteiger partial charge in [-0.15, -0.1) is 0 Å². The topological polar surface area (TPSA) is 75.8 Å². The third-order valence-electron chi connectivity index (χ3n) is 4.65. The van der Waals surface area contributed by atoms with E-state index in [4.69, 9.17) is 23.2 Å². The van der Waals surface area contributed by atoms with Gasteiger partial charge in [-0.3, -0.25) is 19.8 Å². The van der Waals surface area contributed by atoms with Crippen molar-refractivity contribution in [3.63, 3.8) is 0 Å². The van der Waals surface area contributed by atoms with Gasteiger partial charge < -0.3 is 0 Å². The van der Waals surface area contributed by atoms with Gasteiger partial charge in [0.05, 0.1) is 25.4 Å². The molecule has 1 heterocycles. The van der Waals surface area contributed by atoms with Crippen LogP contribution in [0.1, 0.15) is 5.56 Å². The normalized spacial score (nSPS) is 16.0. The summed E-state index contributed by atoms with van der Waals surface area (Å²) >= 11 is 17.9. The molecule has 0 saturated carbocycles. The lowest BCUT2D eigenvalue weighted by Gasteiger charge is -2.07. The molecule has 1 fully saturated rings. The maximum absolute atomic E-state index is 12.8. The van der Waals surface area contributed by atoms with Gasteiger partial charge in [-0.25, -0.2) is 4.99 Å². The third-order valence-corrected chi connectivity index (χ3v) is 8.27. The lowest BCUT2D eigenvalue weighted by molar-refractivity contribution is -0.387. The Morgan fingerprint density at radius 1 is 1.12 bits per heavy atom. The van der Waals surface area contributed by atoms with E-state index in [1.807, 2.05) is 0 Å². The molecule has 0 atom stereocenters. The molecule has 1 aliphatic heterocycles. The predicted octanol–water partition coefficient (Wildman–Crippen LogP) is 8.05. The van der Waals surface area contributed by atoms with Crippen LogP contribution in [-0.4, -0.2) is 27.9 Å². The number of halogens is 3. The number of likely N-dealkylation sites (N-methyl/N-ethyl adjacent to an activating group) is 1. The van der Waals surface area contributed by atoms with Crippen molar-refractivity contribution >= 4 is 91.2 Å². The molecule has 0 aliphatic carbocycles. The zero-order valence-corrected chi connectivity index (χ0v) is 22.1. The van der Waals surface area contributed by atoms with Crippen LogP contribution < -0.4 is 0 Å². The molecule has 0 spiro atoms. The largest absolute Gasteiger partial charge is 0.290 e. The number of amidine groups is 1. The number of thioether (sulfide) groups is 1. The van der Waals surface area contributed by atoms with E-state index in [0.29, 0.717) is 36.3 Å². The van der Waals surface area contributed by atoms with Crippen molar-refractivity contribution < 1.29 is 9.72 Å². The second-order valence-electron chi connectivity index (χ2n) is 7.01. The molecule has 34 heavy (non-hydrogen) atoms. The van der Waals surface area contributed by atoms with Crippen molar-refractivity contribution in [3.8, 4) is 0 Å². The second-order valence-corrected chi connectivity index (χ2v) is 10.8. The molecule has 0 radical (unpaired) electrons. The Kier molecular flexibility index (Phi) is 7.69. The summed E-state index contributed by atoms with van der Waals surface area (Å²) in [5.74, 6) is -0.241. The average molecular weight is 595 g/mol. The maximum atomic E-state index is 12.8. The molecule has 11 heteroatoms. The number of nitrogens with zero attached hydrogens (tertiary/aromatic N) is 3. The highest BCUT2D eigenvalue weighted by molar-refractivity contribution is 9.10. The quantitative estimate of drug-likeness (QED) is 0.170. The first-order chi connectivity index (χ1) is 16.2. The van der Waals surface area contributed by atoms with Crippen LogP contribution in [0.5, 0.6) is 0 Å². The predicted molar refractivity (Wildman–Crippen MR) is 143 cm³/mol. The van der Waals surface area contributed by atoms with Crippen LogP contribution in [0.15, 0.2) is 84.8 Å². The first kappa shape index (κ1) is 24.8. The molecule has 3 aromatic carbocycles. The summed E-state index contributed by atoms with van der Waals surface area (Å²) in [4.78, 5) is 31.7. The van der Waals surface area contributed by atoms with E-state index in [2.05, 4.69) is 20.9 Å². The number of aliphatic imine (C=N–C) groups is 1. The highest BCUT2D eigenvalue weighted by Gasteiger charge is 2.30. The fourth-order valence-electron chi connectivity index (χ4n) is 2.95. The van der Waals surface area contributed by atoms with Crippen LogP contribution in [-0.2, 0) is 4.79 Å². The molecule has 6 nitrogen and oxygen atoms in total. The van der Waals surface area contributed by atoms with E-state index in [1.165, 1.54) is 34.5 Å². The molecule has 172 valence electrons. The highest BCUT2D eigenvalue weighted by atomic mass is 79.9. The third kappa shape index (κ3) is 5.67. The Hall–Kier alpha value is -2.30. The molecule has 0 unspecified atom stereocenters. The van der Waals surface area contributed by atoms with E-state index < -0.39 is 4.92 Å². The first-order valence-corrected chi connectivity index (χ1v) is 12.8. The van der Waals surface area contributed by atoms with E-state index in [9.17, 15) is 14.9 Å². The van der Waals surface area contributed by atoms with Crippen LogP contribution in [0, 0.1) is 10.1 Å². The van der Waals surface area contributed by atoms with E-state index in [1.54, 1.807) is 67.7 Å². The van der Waals surface area contributed by atoms with Gasteiger partial charge in [-0.05, 0) is 87.9 Å². The number of benzene rings is 3. The number of hydrogen-bond donors (Lipinski definition) is 0. The smallest absolute Gasteiger partial charge is 0.283 e. The van der Waals surface area contributed by atoms with Gasteiger partial charge in [0.15, 0.2) is 5.17 Å². The maximum Gasteiger partial charge on any atom is 0.283 e. The fraction of sp³-hybridized carbons (Fsp3) is 0.0435. The minimum atomic E-state index is -0.430. The van der Waals surface area contributed by atoms with Gasteiger partial charge in [0.1, 0.15) is 0 Å². The SMILES string of the molecule is CN1C(=O)/C(=C\c2ccc(Sc3ccc(Cl)cc3)c([N+](=O)[O-])c2)SC1=Nc1ccc(Br)c(Cl)c1. The lowest BCUT2D eigenvalue weighted by atomic mass is 10.2. The molecular formula is C23H14BrCl2N3O3S2. The number of nitro groups is 1. The number of rotatable bonds is 5. The van der Waals surface area contributed by atoms with Crippen LogP contribution in [0.4, 0.5) is 11.4 Å². The molecule has 0 N–H and O–H groups in total. The Balaban J connectivity index is 1.61. The van der Waals surface area contributed by atoms with Crippen molar-refractivity contribution in [2.45, 2.75) is 9.79 Å². The summed E-state index contributed by atoms with van der Waals surface area (Å²) in [6, 6.07) is 17.2. The minimum absolute atomic E-state index is 0.0449. The van der Waals surface area contributed by atoms with E-state index in [0.717, 1.165) is 9.37 Å². The average Bonchev–Trinajstić information content (AvgIpc) is 3.06. The summed E-state index contributed by atoms with van der Waals surface area (Å²) in [6.45, 7) is 0. The Bertz CT molecular complexity index is 1360. The zero-order chi connectivity index (χ0) is 24.4. The van der Waals surface area contributed by atoms with Crippen molar-refractivity contribution in [2.75, 3.05) is 7.05 Å². The summed E-state index contributed by atoms with van der Waals surface area (Å²) < 4.78 is 0.751. The van der Waals surface area contributed by atoms with Crippen molar-refractivity contribution in [1.29, 1.82) is 0 Å². The van der Waals surface area contributed by atoms with Crippen molar-refractivity contribution in [1.82, 2.24) is 4.90 Å². The molecule has 1 amide bonds. The van der Waals surface area contributed by atoms with Crippen LogP contribution >= 0.6 is 62.7 Å². The Morgan fingerprint density at radius 3 is 2.53 bits per heavy atom. The lowest BCUT2D eigenvalue weighted by Crippen LogP contribution is -2.23. The van der Waals surface area contributed by atoms with Crippen LogP contribution in [0.2, 0.25) is 10.0 Å². The van der Waals surface area contributed by atoms with Crippen LogP contribution in [0.25, 0.3) is 6.08 Å². The van der Waals surface area contributed by atoms with Gasteiger partial charge in [-0.2, -0.15) is 0 Å². The van der Waals surface area contributed by atoms with Gasteiger partial charge in [0.2, 0.25) is 0 Å². The number of nitro benzene ring substituents is 1. The summed E-state index contributed by atoms with van der Waals surface area (Å²) in [7, 11) is 1.63. The number of amides is 1. The monoisotopic (exact) mass is 593 g/mol. The van der Waals surface area contributed by atoms with Gasteiger partial charge in [0, 0.05) is 27.5 Å². The van der Waals surface area contributed by atoms with Crippen LogP contribution in [0.3, 0.4) is 0 Å². The van der Waals surface area contributed by atoms with Gasteiger partial charge >= 0.3 is 0 Å². The van der Waals surface area contributed by atoms with Gasteiger partial charge in [0.25, 0.3) is 11.6 Å². The zero-order valence-electron chi connectivity index (χ0n) is 17.4. The van der Waals surface area contributed by atoms with E-state index in [-0.39, 0.29) is 11.6 Å². The summed E-state index contributed by atoms with van der Waals surface area (Å²) in [5, 5.41) is 13.3. The molecule has 1 aliphatic rings. The Labute approximate surface area is 222 Å². The minimum Gasteiger partial charge on any atom is -0.290 e. The molecule has 4 rings (SSSR count). The molecule has 1 saturated heterocycles. The Morgan fingerprint density at radius 2 is 1.85 bits per heavy atom. The molecule has 0 aromatic heterocycles. The summed E-state index contributed by atoms with van der Waals surface area (Å²) in [5.41, 5.74) is 1.11. The molecule has 0 bridgehead atoms. The second kappa shape index (κ2) is 10.5. The molecular weight excluding hydrogens is 581 g/mol. The first-order valence-electron chi connectivity index (χ1n) is 9.64. The van der Waals surface area contributed by atoms with Gasteiger partial charge in [-0.1, -0.05) is 41.0 Å². The van der Waals surface area contributed by atoms with Crippen molar-refractivity contribution in [3.05, 3.63) is 95.8 Å². The highest BCUT2D eigenvalue weighted by Crippen LogP contribution is 2.38. The van der Waals surface area contributed by atoms with Crippen molar-refractivity contribution in [2.24, 2.45) is 4.99 Å².